The third-order valence-electron chi connectivity index (χ3n) is 9.96. The molecule has 1 aliphatic carbocycles. The van der Waals surface area contributed by atoms with E-state index in [-0.39, 0.29) is 36.3 Å². The van der Waals surface area contributed by atoms with Crippen LogP contribution < -0.4 is 4.90 Å². The Bertz CT molecular complexity index is 1240. The monoisotopic (exact) mass is 561 g/mol. The maximum absolute atomic E-state index is 14.7. The van der Waals surface area contributed by atoms with E-state index in [4.69, 9.17) is 4.74 Å². The first-order valence-corrected chi connectivity index (χ1v) is 15.4. The lowest BCUT2D eigenvalue weighted by atomic mass is 9.74. The number of nitrogens with zero attached hydrogens (tertiary/aromatic N) is 3. The molecule has 1 aromatic carbocycles. The van der Waals surface area contributed by atoms with Gasteiger partial charge in [0.1, 0.15) is 11.6 Å². The van der Waals surface area contributed by atoms with Gasteiger partial charge in [0.25, 0.3) is 0 Å². The smallest absolute Gasteiger partial charge is 0.249 e. The minimum Gasteiger partial charge on any atom is -0.394 e. The summed E-state index contributed by atoms with van der Waals surface area (Å²) in [4.78, 5) is 49.1. The largest absolute Gasteiger partial charge is 0.394 e. The zero-order valence-corrected chi connectivity index (χ0v) is 24.4. The Kier molecular flexibility index (Phi) is 7.35. The van der Waals surface area contributed by atoms with Crippen molar-refractivity contribution in [3.8, 4) is 0 Å². The highest BCUT2D eigenvalue weighted by atomic mass is 16.5. The van der Waals surface area contributed by atoms with E-state index in [1.54, 1.807) is 9.80 Å². The van der Waals surface area contributed by atoms with Crippen molar-refractivity contribution in [2.75, 3.05) is 24.6 Å². The number of carbonyl (C=O) groups excluding carboxylic acids is 3. The molecule has 41 heavy (non-hydrogen) atoms. The molecule has 4 heterocycles. The van der Waals surface area contributed by atoms with Crippen LogP contribution in [0.2, 0.25) is 0 Å². The molecule has 0 radical (unpaired) electrons. The predicted octanol–water partition coefficient (Wildman–Crippen LogP) is 3.70. The molecule has 220 valence electrons. The highest BCUT2D eigenvalue weighted by Gasteiger charge is 2.75. The Morgan fingerprint density at radius 1 is 0.927 bits per heavy atom. The maximum atomic E-state index is 14.7. The third-order valence-corrected chi connectivity index (χ3v) is 9.96. The molecule has 8 heteroatoms. The van der Waals surface area contributed by atoms with Gasteiger partial charge in [0.15, 0.2) is 0 Å². The fraction of sp³-hybridized carbons (Fsp3) is 0.606. The lowest BCUT2D eigenvalue weighted by Crippen LogP contribution is -2.60. The topological polar surface area (TPSA) is 90.4 Å². The molecule has 1 spiro atoms. The summed E-state index contributed by atoms with van der Waals surface area (Å²) < 4.78 is 6.98. The van der Waals surface area contributed by atoms with Gasteiger partial charge in [-0.15, -0.1) is 0 Å². The molecule has 6 rings (SSSR count). The summed E-state index contributed by atoms with van der Waals surface area (Å²) >= 11 is 0. The average Bonchev–Trinajstić information content (AvgIpc) is 3.24. The van der Waals surface area contributed by atoms with Gasteiger partial charge in [-0.3, -0.25) is 14.4 Å². The van der Waals surface area contributed by atoms with Crippen LogP contribution in [-0.2, 0) is 19.1 Å². The number of hydrogen-bond donors (Lipinski definition) is 1. The van der Waals surface area contributed by atoms with E-state index in [0.717, 1.165) is 31.4 Å². The zero-order chi connectivity index (χ0) is 28.9. The molecular formula is C33H43N3O5. The number of benzene rings is 1. The van der Waals surface area contributed by atoms with Crippen LogP contribution in [0.25, 0.3) is 0 Å². The summed E-state index contributed by atoms with van der Waals surface area (Å²) in [6.07, 6.45) is 13.5. The number of likely N-dealkylation sites (tertiary alicyclic amines) is 1. The minimum absolute atomic E-state index is 0.113. The van der Waals surface area contributed by atoms with Crippen molar-refractivity contribution in [2.24, 2.45) is 17.8 Å². The highest BCUT2D eigenvalue weighted by Crippen LogP contribution is 2.58. The molecule has 1 saturated carbocycles. The van der Waals surface area contributed by atoms with Gasteiger partial charge in [-0.1, -0.05) is 75.6 Å². The molecule has 4 aliphatic heterocycles. The molecule has 8 nitrogen and oxygen atoms in total. The number of para-hydroxylation sites is 1. The van der Waals surface area contributed by atoms with E-state index in [0.29, 0.717) is 19.5 Å². The van der Waals surface area contributed by atoms with E-state index in [1.807, 2.05) is 80.3 Å². The van der Waals surface area contributed by atoms with Crippen LogP contribution in [0.15, 0.2) is 54.6 Å². The number of hydrogen-bond acceptors (Lipinski definition) is 5. The number of aliphatic hydroxyl groups is 1. The van der Waals surface area contributed by atoms with E-state index >= 15 is 0 Å². The second-order valence-electron chi connectivity index (χ2n) is 13.1. The zero-order valence-electron chi connectivity index (χ0n) is 24.4. The van der Waals surface area contributed by atoms with Gasteiger partial charge >= 0.3 is 0 Å². The molecule has 0 bridgehead atoms. The second kappa shape index (κ2) is 10.7. The van der Waals surface area contributed by atoms with Crippen molar-refractivity contribution in [3.05, 3.63) is 54.6 Å². The van der Waals surface area contributed by atoms with Crippen LogP contribution in [-0.4, -0.2) is 81.7 Å². The Balaban J connectivity index is 1.47. The normalized spacial score (nSPS) is 34.5. The number of carbonyl (C=O) groups is 3. The summed E-state index contributed by atoms with van der Waals surface area (Å²) in [5.41, 5.74) is -1.61. The first kappa shape index (κ1) is 28.2. The predicted molar refractivity (Wildman–Crippen MR) is 156 cm³/mol. The van der Waals surface area contributed by atoms with E-state index in [1.165, 1.54) is 6.42 Å². The van der Waals surface area contributed by atoms with Gasteiger partial charge in [-0.25, -0.2) is 0 Å². The summed E-state index contributed by atoms with van der Waals surface area (Å²) in [6, 6.07) is 8.12. The van der Waals surface area contributed by atoms with Gasteiger partial charge in [-0.2, -0.15) is 0 Å². The molecule has 5 aliphatic rings. The van der Waals surface area contributed by atoms with Crippen molar-refractivity contribution in [1.29, 1.82) is 0 Å². The second-order valence-corrected chi connectivity index (χ2v) is 13.1. The van der Waals surface area contributed by atoms with E-state index < -0.39 is 35.1 Å². The number of aliphatic hydroxyl groups excluding tert-OH is 1. The molecule has 3 amide bonds. The fourth-order valence-electron chi connectivity index (χ4n) is 8.25. The quantitative estimate of drug-likeness (QED) is 0.535. The third kappa shape index (κ3) is 4.45. The fourth-order valence-corrected chi connectivity index (χ4v) is 8.25. The lowest BCUT2D eigenvalue weighted by molar-refractivity contribution is -0.156. The average molecular weight is 562 g/mol. The summed E-state index contributed by atoms with van der Waals surface area (Å²) in [6.45, 7) is 6.55. The maximum Gasteiger partial charge on any atom is 0.249 e. The molecule has 1 unspecified atom stereocenters. The number of rotatable bonds is 6. The Hall–Kier alpha value is -2.97. The molecule has 1 N–H and O–H groups in total. The van der Waals surface area contributed by atoms with Gasteiger partial charge in [0.05, 0.1) is 30.1 Å². The van der Waals surface area contributed by atoms with Gasteiger partial charge in [0, 0.05) is 24.8 Å². The Morgan fingerprint density at radius 3 is 2.32 bits per heavy atom. The molecular weight excluding hydrogens is 518 g/mol. The van der Waals surface area contributed by atoms with Crippen LogP contribution in [0, 0.1) is 17.8 Å². The lowest BCUT2D eigenvalue weighted by Gasteiger charge is -2.42. The van der Waals surface area contributed by atoms with Crippen molar-refractivity contribution in [2.45, 2.75) is 88.6 Å². The first-order valence-electron chi connectivity index (χ1n) is 15.4. The van der Waals surface area contributed by atoms with Gasteiger partial charge in [0.2, 0.25) is 17.7 Å². The first-order chi connectivity index (χ1) is 19.7. The molecule has 3 fully saturated rings. The molecule has 0 aromatic heterocycles. The molecule has 1 aromatic rings. The standard InChI is InChI=1S/C33H43N3O5/c1-22(2)20-25(21-37)36-28-31(40)35(24-14-8-5-9-15-24)19-11-17-33(28)27(30(36)39)26-29(38)34(23-12-6-4-7-13-23)18-10-16-32(26,3)41-33/h4,6-7,10-13,16-17,22,24-28,37H,5,8-9,14-15,18-21H2,1-3H3/t25-,26+,27+,28?,32-,33+/m1/s1. The van der Waals surface area contributed by atoms with E-state index in [2.05, 4.69) is 0 Å². The summed E-state index contributed by atoms with van der Waals surface area (Å²) in [5.74, 6) is -2.09. The number of anilines is 1. The van der Waals surface area contributed by atoms with Crippen LogP contribution in [0.3, 0.4) is 0 Å². The summed E-state index contributed by atoms with van der Waals surface area (Å²) in [5, 5.41) is 10.6. The van der Waals surface area contributed by atoms with E-state index in [9.17, 15) is 19.5 Å². The van der Waals surface area contributed by atoms with Crippen molar-refractivity contribution >= 4 is 23.4 Å². The van der Waals surface area contributed by atoms with Crippen molar-refractivity contribution in [3.63, 3.8) is 0 Å². The van der Waals surface area contributed by atoms with Crippen LogP contribution in [0.1, 0.15) is 59.3 Å². The van der Waals surface area contributed by atoms with Crippen molar-refractivity contribution in [1.82, 2.24) is 9.80 Å². The highest BCUT2D eigenvalue weighted by molar-refractivity contribution is 6.04. The number of ether oxygens (including phenoxy) is 1. The number of amides is 3. The number of fused-ring (bicyclic) bond motifs is 2. The Morgan fingerprint density at radius 2 is 1.63 bits per heavy atom. The van der Waals surface area contributed by atoms with Gasteiger partial charge in [-0.05, 0) is 44.2 Å². The minimum atomic E-state index is -1.30. The van der Waals surface area contributed by atoms with Crippen LogP contribution >= 0.6 is 0 Å². The van der Waals surface area contributed by atoms with Crippen LogP contribution in [0.4, 0.5) is 5.69 Å². The molecule has 6 atom stereocenters. The van der Waals surface area contributed by atoms with Crippen LogP contribution in [0.5, 0.6) is 0 Å². The molecule has 2 saturated heterocycles. The van der Waals surface area contributed by atoms with Crippen molar-refractivity contribution < 1.29 is 24.2 Å². The Labute approximate surface area is 243 Å². The SMILES string of the molecule is CC(C)C[C@H](CO)N1C(=O)[C@@H]2[C@H]3C(=O)N(c4ccccc4)CC=C[C@@]3(C)O[C@@]23C=CCN(C2CCCCC2)C(=O)C13. The summed E-state index contributed by atoms with van der Waals surface area (Å²) in [7, 11) is 0. The van der Waals surface area contributed by atoms with Gasteiger partial charge < -0.3 is 24.5 Å².